The molecule has 4 heteroatoms. The molecule has 0 saturated carbocycles. The third-order valence-electron chi connectivity index (χ3n) is 2.61. The van der Waals surface area contributed by atoms with E-state index in [2.05, 4.69) is 11.0 Å². The van der Waals surface area contributed by atoms with E-state index in [-0.39, 0.29) is 11.9 Å². The zero-order valence-corrected chi connectivity index (χ0v) is 9.22. The van der Waals surface area contributed by atoms with Crippen LogP contribution < -0.4 is 4.90 Å². The number of rotatable bonds is 1. The van der Waals surface area contributed by atoms with Crippen molar-refractivity contribution in [3.05, 3.63) is 24.0 Å². The second-order valence-corrected chi connectivity index (χ2v) is 4.61. The van der Waals surface area contributed by atoms with Crippen LogP contribution in [0.3, 0.4) is 0 Å². The summed E-state index contributed by atoms with van der Waals surface area (Å²) in [5.41, 5.74) is 1.02. The summed E-state index contributed by atoms with van der Waals surface area (Å²) in [6.07, 6.45) is 0.514. The molecule has 0 fully saturated rings. The van der Waals surface area contributed by atoms with Gasteiger partial charge >= 0.3 is 0 Å². The van der Waals surface area contributed by atoms with Crippen LogP contribution >= 0.6 is 11.8 Å². The van der Waals surface area contributed by atoms with Crippen molar-refractivity contribution >= 4 is 17.4 Å². The lowest BCUT2D eigenvalue weighted by Crippen LogP contribution is -2.36. The fourth-order valence-corrected chi connectivity index (χ4v) is 2.96. The Morgan fingerprint density at radius 3 is 3.20 bits per heavy atom. The van der Waals surface area contributed by atoms with Crippen molar-refractivity contribution < 1.29 is 4.39 Å². The van der Waals surface area contributed by atoms with Gasteiger partial charge in [0.25, 0.3) is 0 Å². The minimum absolute atomic E-state index is 0.201. The maximum Gasteiger partial charge on any atom is 0.124 e. The molecule has 0 amide bonds. The number of nitriles is 1. The van der Waals surface area contributed by atoms with Crippen molar-refractivity contribution in [1.29, 1.82) is 5.26 Å². The van der Waals surface area contributed by atoms with E-state index in [1.165, 1.54) is 6.07 Å². The quantitative estimate of drug-likeness (QED) is 0.731. The molecule has 0 aliphatic carbocycles. The minimum atomic E-state index is -0.201. The molecular weight excluding hydrogens is 211 g/mol. The number of thioether (sulfide) groups is 1. The lowest BCUT2D eigenvalue weighted by molar-refractivity contribution is 0.620. The molecule has 1 aliphatic rings. The Labute approximate surface area is 92.7 Å². The average molecular weight is 222 g/mol. The molecule has 1 aliphatic heterocycles. The maximum atomic E-state index is 13.0. The predicted molar refractivity (Wildman–Crippen MR) is 59.5 cm³/mol. The second-order valence-electron chi connectivity index (χ2n) is 3.55. The molecule has 1 unspecified atom stereocenters. The molecule has 1 aromatic rings. The number of fused-ring (bicyclic) bond motifs is 1. The molecule has 0 radical (unpaired) electrons. The lowest BCUT2D eigenvalue weighted by atomic mass is 10.2. The van der Waals surface area contributed by atoms with Crippen LogP contribution in [0.25, 0.3) is 0 Å². The van der Waals surface area contributed by atoms with Crippen molar-refractivity contribution in [2.75, 3.05) is 17.7 Å². The van der Waals surface area contributed by atoms with Crippen LogP contribution in [0.5, 0.6) is 0 Å². The van der Waals surface area contributed by atoms with Gasteiger partial charge in [-0.2, -0.15) is 5.26 Å². The smallest absolute Gasteiger partial charge is 0.124 e. The lowest BCUT2D eigenvalue weighted by Gasteiger charge is -2.34. The number of benzene rings is 1. The standard InChI is InChI=1S/C11H11FN2S/c1-14-9(4-5-13)7-15-11-6-8(12)2-3-10(11)14/h2-3,6,9H,4,7H2,1H3. The largest absolute Gasteiger partial charge is 0.369 e. The van der Waals surface area contributed by atoms with Gasteiger partial charge in [-0.1, -0.05) is 0 Å². The van der Waals surface area contributed by atoms with Gasteiger partial charge < -0.3 is 4.90 Å². The molecule has 78 valence electrons. The number of halogens is 1. The molecule has 0 spiro atoms. The average Bonchev–Trinajstić information content (AvgIpc) is 2.22. The van der Waals surface area contributed by atoms with Gasteiger partial charge in [0, 0.05) is 17.7 Å². The summed E-state index contributed by atoms with van der Waals surface area (Å²) in [5.74, 6) is 0.647. The van der Waals surface area contributed by atoms with Crippen LogP contribution in [0.15, 0.2) is 23.1 Å². The summed E-state index contributed by atoms with van der Waals surface area (Å²) in [7, 11) is 1.96. The van der Waals surface area contributed by atoms with E-state index in [0.29, 0.717) is 6.42 Å². The fraction of sp³-hybridized carbons (Fsp3) is 0.364. The highest BCUT2D eigenvalue weighted by atomic mass is 32.2. The topological polar surface area (TPSA) is 27.0 Å². The number of nitrogens with zero attached hydrogens (tertiary/aromatic N) is 2. The molecule has 1 heterocycles. The summed E-state index contributed by atoms with van der Waals surface area (Å²) < 4.78 is 13.0. The summed E-state index contributed by atoms with van der Waals surface area (Å²) in [6.45, 7) is 0. The van der Waals surface area contributed by atoms with E-state index >= 15 is 0 Å². The first-order valence-electron chi connectivity index (χ1n) is 4.74. The molecule has 0 N–H and O–H groups in total. The van der Waals surface area contributed by atoms with Gasteiger partial charge in [0.15, 0.2) is 0 Å². The van der Waals surface area contributed by atoms with Crippen molar-refractivity contribution in [1.82, 2.24) is 0 Å². The zero-order valence-electron chi connectivity index (χ0n) is 8.40. The van der Waals surface area contributed by atoms with Gasteiger partial charge in [-0.05, 0) is 18.2 Å². The molecule has 1 aromatic carbocycles. The molecule has 15 heavy (non-hydrogen) atoms. The normalized spacial score (nSPS) is 19.5. The first kappa shape index (κ1) is 10.3. The second kappa shape index (κ2) is 4.11. The van der Waals surface area contributed by atoms with Crippen LogP contribution in [-0.2, 0) is 0 Å². The summed E-state index contributed by atoms with van der Waals surface area (Å²) in [6, 6.07) is 7.21. The Kier molecular flexibility index (Phi) is 2.83. The predicted octanol–water partition coefficient (Wildman–Crippen LogP) is 2.65. The van der Waals surface area contributed by atoms with Gasteiger partial charge in [-0.3, -0.25) is 0 Å². The number of hydrogen-bond acceptors (Lipinski definition) is 3. The SMILES string of the molecule is CN1c2ccc(F)cc2SCC1CC#N. The van der Waals surface area contributed by atoms with E-state index < -0.39 is 0 Å². The van der Waals surface area contributed by atoms with Gasteiger partial charge in [-0.15, -0.1) is 11.8 Å². The van der Waals surface area contributed by atoms with Gasteiger partial charge in [0.05, 0.1) is 24.2 Å². The van der Waals surface area contributed by atoms with Crippen LogP contribution in [-0.4, -0.2) is 18.8 Å². The monoisotopic (exact) mass is 222 g/mol. The summed E-state index contributed by atoms with van der Waals surface area (Å²) in [5, 5.41) is 8.68. The van der Waals surface area contributed by atoms with Gasteiger partial charge in [0.1, 0.15) is 5.82 Å². The van der Waals surface area contributed by atoms with E-state index in [1.807, 2.05) is 7.05 Å². The molecule has 2 nitrogen and oxygen atoms in total. The Bertz CT molecular complexity index is 414. The number of hydrogen-bond donors (Lipinski definition) is 0. The van der Waals surface area contributed by atoms with Crippen LogP contribution in [0.2, 0.25) is 0 Å². The molecule has 0 saturated heterocycles. The first-order chi connectivity index (χ1) is 7.22. The summed E-state index contributed by atoms with van der Waals surface area (Å²) >= 11 is 1.62. The van der Waals surface area contributed by atoms with Crippen LogP contribution in [0.4, 0.5) is 10.1 Å². The first-order valence-corrected chi connectivity index (χ1v) is 5.73. The Balaban J connectivity index is 2.31. The molecular formula is C11H11FN2S. The van der Waals surface area contributed by atoms with E-state index in [1.54, 1.807) is 23.9 Å². The van der Waals surface area contributed by atoms with Crippen molar-refractivity contribution in [2.45, 2.75) is 17.4 Å². The number of anilines is 1. The molecule has 1 atom stereocenters. The van der Waals surface area contributed by atoms with Crippen molar-refractivity contribution in [2.24, 2.45) is 0 Å². The van der Waals surface area contributed by atoms with Crippen LogP contribution in [0.1, 0.15) is 6.42 Å². The molecule has 0 aromatic heterocycles. The van der Waals surface area contributed by atoms with E-state index in [0.717, 1.165) is 16.3 Å². The maximum absolute atomic E-state index is 13.0. The van der Waals surface area contributed by atoms with Gasteiger partial charge in [0.2, 0.25) is 0 Å². The highest BCUT2D eigenvalue weighted by molar-refractivity contribution is 7.99. The third-order valence-corrected chi connectivity index (χ3v) is 3.80. The van der Waals surface area contributed by atoms with Crippen molar-refractivity contribution in [3.63, 3.8) is 0 Å². The van der Waals surface area contributed by atoms with E-state index in [4.69, 9.17) is 5.26 Å². The highest BCUT2D eigenvalue weighted by Crippen LogP contribution is 2.37. The molecule has 0 bridgehead atoms. The Hall–Kier alpha value is -1.21. The Morgan fingerprint density at radius 2 is 2.47 bits per heavy atom. The van der Waals surface area contributed by atoms with Crippen molar-refractivity contribution in [3.8, 4) is 6.07 Å². The third kappa shape index (κ3) is 1.93. The zero-order chi connectivity index (χ0) is 10.8. The fourth-order valence-electron chi connectivity index (χ4n) is 1.69. The highest BCUT2D eigenvalue weighted by Gasteiger charge is 2.23. The van der Waals surface area contributed by atoms with E-state index in [9.17, 15) is 4.39 Å². The minimum Gasteiger partial charge on any atom is -0.369 e. The van der Waals surface area contributed by atoms with Crippen LogP contribution in [0, 0.1) is 17.1 Å². The molecule has 2 rings (SSSR count). The van der Waals surface area contributed by atoms with Gasteiger partial charge in [-0.25, -0.2) is 4.39 Å². The Morgan fingerprint density at radius 1 is 1.67 bits per heavy atom. The summed E-state index contributed by atoms with van der Waals surface area (Å²) in [4.78, 5) is 3.03.